The van der Waals surface area contributed by atoms with E-state index in [2.05, 4.69) is 5.32 Å². The minimum atomic E-state index is -3.56. The van der Waals surface area contributed by atoms with Crippen LogP contribution in [-0.4, -0.2) is 31.7 Å². The Balaban J connectivity index is 1.47. The Morgan fingerprint density at radius 1 is 1.09 bits per heavy atom. The lowest BCUT2D eigenvalue weighted by Crippen LogP contribution is -2.28. The number of rotatable bonds is 6. The molecule has 1 aliphatic rings. The Kier molecular flexibility index (Phi) is 6.17. The molecule has 3 aromatic rings. The molecule has 1 fully saturated rings. The Morgan fingerprint density at radius 2 is 1.84 bits per heavy atom. The van der Waals surface area contributed by atoms with Crippen LogP contribution in [0.1, 0.15) is 36.0 Å². The summed E-state index contributed by atoms with van der Waals surface area (Å²) < 4.78 is 32.4. The number of anilines is 1. The molecule has 4 rings (SSSR count). The summed E-state index contributed by atoms with van der Waals surface area (Å²) in [5.74, 6) is -0.302. The van der Waals surface area contributed by atoms with Gasteiger partial charge in [0.05, 0.1) is 4.90 Å². The van der Waals surface area contributed by atoms with Gasteiger partial charge in [-0.1, -0.05) is 18.2 Å². The maximum atomic E-state index is 12.8. The van der Waals surface area contributed by atoms with E-state index in [1.54, 1.807) is 12.1 Å². The molecule has 0 bridgehead atoms. The Bertz CT molecular complexity index is 1340. The standard InChI is InChI=1S/C24H26N2O5S/c1-16-8-9-20-17(2)21(24(28)31-22(20)14-16)10-11-23(27)25-18-6-5-7-19(15-18)32(29,30)26-12-3-4-13-26/h5-9,14-15H,3-4,10-13H2,1-2H3,(H,25,27). The number of fused-ring (bicyclic) bond motifs is 1. The maximum absolute atomic E-state index is 12.8. The van der Waals surface area contributed by atoms with Crippen LogP contribution in [0.25, 0.3) is 11.0 Å². The number of carbonyl (C=O) groups is 1. The average Bonchev–Trinajstić information content (AvgIpc) is 3.29. The number of nitrogens with one attached hydrogen (secondary N) is 1. The second-order valence-electron chi connectivity index (χ2n) is 8.18. The molecule has 1 amide bonds. The molecule has 1 saturated heterocycles. The van der Waals surface area contributed by atoms with E-state index in [4.69, 9.17) is 4.42 Å². The topological polar surface area (TPSA) is 96.7 Å². The fourth-order valence-corrected chi connectivity index (χ4v) is 5.63. The van der Waals surface area contributed by atoms with Gasteiger partial charge < -0.3 is 9.73 Å². The largest absolute Gasteiger partial charge is 0.423 e. The van der Waals surface area contributed by atoms with E-state index in [-0.39, 0.29) is 23.6 Å². The van der Waals surface area contributed by atoms with Crippen molar-refractivity contribution in [3.8, 4) is 0 Å². The van der Waals surface area contributed by atoms with Crippen molar-refractivity contribution < 1.29 is 17.6 Å². The molecule has 1 aliphatic heterocycles. The number of nitrogens with zero attached hydrogens (tertiary/aromatic N) is 1. The number of aryl methyl sites for hydroxylation is 2. The van der Waals surface area contributed by atoms with Crippen molar-refractivity contribution >= 4 is 32.6 Å². The second-order valence-corrected chi connectivity index (χ2v) is 10.1. The van der Waals surface area contributed by atoms with Crippen molar-refractivity contribution in [1.82, 2.24) is 4.31 Å². The van der Waals surface area contributed by atoms with E-state index in [1.165, 1.54) is 16.4 Å². The molecule has 0 saturated carbocycles. The first-order valence-corrected chi connectivity index (χ1v) is 12.1. The average molecular weight is 455 g/mol. The molecule has 0 spiro atoms. The molecule has 0 unspecified atom stereocenters. The van der Waals surface area contributed by atoms with Crippen LogP contribution < -0.4 is 10.9 Å². The summed E-state index contributed by atoms with van der Waals surface area (Å²) >= 11 is 0. The van der Waals surface area contributed by atoms with Gasteiger partial charge in [0.2, 0.25) is 15.9 Å². The van der Waals surface area contributed by atoms with E-state index >= 15 is 0 Å². The lowest BCUT2D eigenvalue weighted by Gasteiger charge is -2.16. The summed E-state index contributed by atoms with van der Waals surface area (Å²) in [6.07, 6.45) is 2.02. The monoisotopic (exact) mass is 454 g/mol. The summed E-state index contributed by atoms with van der Waals surface area (Å²) in [6.45, 7) is 4.82. The predicted molar refractivity (Wildman–Crippen MR) is 123 cm³/mol. The molecule has 168 valence electrons. The smallest absolute Gasteiger partial charge is 0.339 e. The molecule has 1 aromatic heterocycles. The highest BCUT2D eigenvalue weighted by molar-refractivity contribution is 7.89. The Morgan fingerprint density at radius 3 is 2.59 bits per heavy atom. The molecule has 7 nitrogen and oxygen atoms in total. The third kappa shape index (κ3) is 4.47. The number of benzene rings is 2. The van der Waals surface area contributed by atoms with Gasteiger partial charge in [-0.05, 0) is 68.5 Å². The molecule has 2 heterocycles. The first-order chi connectivity index (χ1) is 15.3. The van der Waals surface area contributed by atoms with Gasteiger partial charge in [0, 0.05) is 36.1 Å². The third-order valence-electron chi connectivity index (χ3n) is 5.87. The molecular formula is C24H26N2O5S. The molecule has 0 radical (unpaired) electrons. The maximum Gasteiger partial charge on any atom is 0.339 e. The van der Waals surface area contributed by atoms with E-state index in [9.17, 15) is 18.0 Å². The lowest BCUT2D eigenvalue weighted by molar-refractivity contribution is -0.116. The number of amides is 1. The zero-order valence-electron chi connectivity index (χ0n) is 18.2. The first kappa shape index (κ1) is 22.2. The zero-order valence-corrected chi connectivity index (χ0v) is 19.0. The third-order valence-corrected chi connectivity index (χ3v) is 7.76. The van der Waals surface area contributed by atoms with Gasteiger partial charge in [0.15, 0.2) is 0 Å². The van der Waals surface area contributed by atoms with Crippen LogP contribution in [0, 0.1) is 13.8 Å². The van der Waals surface area contributed by atoms with Crippen LogP contribution in [0.2, 0.25) is 0 Å². The molecule has 0 atom stereocenters. The van der Waals surface area contributed by atoms with Crippen LogP contribution in [0.4, 0.5) is 5.69 Å². The predicted octanol–water partition coefficient (Wildman–Crippen LogP) is 3.77. The molecule has 8 heteroatoms. The second kappa shape index (κ2) is 8.88. The SMILES string of the molecule is Cc1ccc2c(C)c(CCC(=O)Nc3cccc(S(=O)(=O)N4CCCC4)c3)c(=O)oc2c1. The van der Waals surface area contributed by atoms with Crippen molar-refractivity contribution in [3.05, 3.63) is 69.6 Å². The fourth-order valence-electron chi connectivity index (χ4n) is 4.06. The normalized spacial score (nSPS) is 14.7. The Hall–Kier alpha value is -2.97. The van der Waals surface area contributed by atoms with Gasteiger partial charge in [-0.2, -0.15) is 4.31 Å². The van der Waals surface area contributed by atoms with Crippen LogP contribution in [-0.2, 0) is 21.2 Å². The van der Waals surface area contributed by atoms with Crippen LogP contribution >= 0.6 is 0 Å². The van der Waals surface area contributed by atoms with Crippen molar-refractivity contribution in [2.24, 2.45) is 0 Å². The zero-order chi connectivity index (χ0) is 22.9. The summed E-state index contributed by atoms with van der Waals surface area (Å²) in [5.41, 5.74) is 2.79. The molecule has 2 aromatic carbocycles. The minimum absolute atomic E-state index is 0.0755. The Labute approximate surface area is 187 Å². The summed E-state index contributed by atoms with van der Waals surface area (Å²) in [6, 6.07) is 12.0. The van der Waals surface area contributed by atoms with Gasteiger partial charge in [-0.25, -0.2) is 13.2 Å². The lowest BCUT2D eigenvalue weighted by atomic mass is 10.0. The van der Waals surface area contributed by atoms with Crippen molar-refractivity contribution in [3.63, 3.8) is 0 Å². The van der Waals surface area contributed by atoms with E-state index in [0.29, 0.717) is 29.9 Å². The summed E-state index contributed by atoms with van der Waals surface area (Å²) in [5, 5.41) is 3.60. The van der Waals surface area contributed by atoms with Gasteiger partial charge in [0.1, 0.15) is 5.58 Å². The van der Waals surface area contributed by atoms with Crippen molar-refractivity contribution in [1.29, 1.82) is 0 Å². The molecular weight excluding hydrogens is 428 g/mol. The number of hydrogen-bond donors (Lipinski definition) is 1. The van der Waals surface area contributed by atoms with Crippen LogP contribution in [0.15, 0.2) is 56.6 Å². The fraction of sp³-hybridized carbons (Fsp3) is 0.333. The molecule has 32 heavy (non-hydrogen) atoms. The number of hydrogen-bond acceptors (Lipinski definition) is 5. The summed E-state index contributed by atoms with van der Waals surface area (Å²) in [4.78, 5) is 25.1. The van der Waals surface area contributed by atoms with E-state index < -0.39 is 15.6 Å². The quantitative estimate of drug-likeness (QED) is 0.572. The van der Waals surface area contributed by atoms with E-state index in [1.807, 2.05) is 32.0 Å². The van der Waals surface area contributed by atoms with Gasteiger partial charge in [-0.15, -0.1) is 0 Å². The van der Waals surface area contributed by atoms with Gasteiger partial charge in [-0.3, -0.25) is 4.79 Å². The number of sulfonamides is 1. The van der Waals surface area contributed by atoms with E-state index in [0.717, 1.165) is 29.4 Å². The molecule has 0 aliphatic carbocycles. The van der Waals surface area contributed by atoms with Gasteiger partial charge in [0.25, 0.3) is 0 Å². The van der Waals surface area contributed by atoms with Crippen LogP contribution in [0.3, 0.4) is 0 Å². The van der Waals surface area contributed by atoms with Crippen LogP contribution in [0.5, 0.6) is 0 Å². The van der Waals surface area contributed by atoms with Crippen molar-refractivity contribution in [2.75, 3.05) is 18.4 Å². The van der Waals surface area contributed by atoms with Gasteiger partial charge >= 0.3 is 5.63 Å². The first-order valence-electron chi connectivity index (χ1n) is 10.7. The highest BCUT2D eigenvalue weighted by Crippen LogP contribution is 2.24. The highest BCUT2D eigenvalue weighted by atomic mass is 32.2. The number of carbonyl (C=O) groups excluding carboxylic acids is 1. The minimum Gasteiger partial charge on any atom is -0.423 e. The molecule has 1 N–H and O–H groups in total. The highest BCUT2D eigenvalue weighted by Gasteiger charge is 2.27. The van der Waals surface area contributed by atoms with Crippen molar-refractivity contribution in [2.45, 2.75) is 44.4 Å². The summed E-state index contributed by atoms with van der Waals surface area (Å²) in [7, 11) is -3.56.